The van der Waals surface area contributed by atoms with E-state index in [1.807, 2.05) is 13.8 Å². The molecule has 0 heterocycles. The van der Waals surface area contributed by atoms with Gasteiger partial charge in [0.25, 0.3) is 5.91 Å². The van der Waals surface area contributed by atoms with E-state index in [9.17, 15) is 9.59 Å². The Morgan fingerprint density at radius 2 is 2.11 bits per heavy atom. The summed E-state index contributed by atoms with van der Waals surface area (Å²) >= 11 is 0. The van der Waals surface area contributed by atoms with E-state index in [1.165, 1.54) is 12.1 Å². The highest BCUT2D eigenvalue weighted by molar-refractivity contribution is 5.88. The van der Waals surface area contributed by atoms with Crippen molar-refractivity contribution in [2.75, 3.05) is 13.2 Å². The maximum atomic E-state index is 11.4. The summed E-state index contributed by atoms with van der Waals surface area (Å²) in [6.45, 7) is 4.47. The second kappa shape index (κ2) is 6.64. The van der Waals surface area contributed by atoms with E-state index in [0.29, 0.717) is 18.2 Å². The van der Waals surface area contributed by atoms with Crippen molar-refractivity contribution in [2.45, 2.75) is 13.8 Å². The summed E-state index contributed by atoms with van der Waals surface area (Å²) in [5, 5.41) is 11.5. The highest BCUT2D eigenvalue weighted by Crippen LogP contribution is 2.12. The Bertz CT molecular complexity index is 429. The summed E-state index contributed by atoms with van der Waals surface area (Å²) in [6, 6.07) is 6.04. The number of carboxylic acids is 1. The highest BCUT2D eigenvalue weighted by Gasteiger charge is 2.06. The fourth-order valence-electron chi connectivity index (χ4n) is 1.24. The van der Waals surface area contributed by atoms with Crippen molar-refractivity contribution in [3.63, 3.8) is 0 Å². The van der Waals surface area contributed by atoms with E-state index in [0.717, 1.165) is 0 Å². The molecular formula is C13H17NO4. The van der Waals surface area contributed by atoms with Crippen molar-refractivity contribution in [2.24, 2.45) is 5.92 Å². The van der Waals surface area contributed by atoms with E-state index < -0.39 is 5.97 Å². The second-order valence-corrected chi connectivity index (χ2v) is 4.32. The largest absolute Gasteiger partial charge is 0.484 e. The first kappa shape index (κ1) is 14.0. The number of carbonyl (C=O) groups is 2. The molecule has 5 heteroatoms. The molecule has 1 rings (SSSR count). The van der Waals surface area contributed by atoms with Crippen LogP contribution in [-0.2, 0) is 4.79 Å². The lowest BCUT2D eigenvalue weighted by Gasteiger charge is -2.09. The van der Waals surface area contributed by atoms with Crippen LogP contribution in [0, 0.1) is 5.92 Å². The third kappa shape index (κ3) is 4.86. The molecule has 0 aromatic heterocycles. The molecule has 0 spiro atoms. The van der Waals surface area contributed by atoms with Gasteiger partial charge in [-0.25, -0.2) is 4.79 Å². The molecule has 0 radical (unpaired) electrons. The first-order chi connectivity index (χ1) is 8.49. The van der Waals surface area contributed by atoms with Gasteiger partial charge in [-0.15, -0.1) is 0 Å². The highest BCUT2D eigenvalue weighted by atomic mass is 16.5. The Morgan fingerprint density at radius 3 is 2.72 bits per heavy atom. The topological polar surface area (TPSA) is 75.6 Å². The van der Waals surface area contributed by atoms with Crippen LogP contribution in [0.5, 0.6) is 5.75 Å². The molecule has 0 saturated carbocycles. The lowest BCUT2D eigenvalue weighted by molar-refractivity contribution is -0.123. The zero-order chi connectivity index (χ0) is 13.5. The molecular weight excluding hydrogens is 234 g/mol. The smallest absolute Gasteiger partial charge is 0.335 e. The van der Waals surface area contributed by atoms with E-state index in [1.54, 1.807) is 12.1 Å². The average Bonchev–Trinajstić information content (AvgIpc) is 2.34. The van der Waals surface area contributed by atoms with Crippen LogP contribution in [0.15, 0.2) is 24.3 Å². The van der Waals surface area contributed by atoms with Crippen molar-refractivity contribution < 1.29 is 19.4 Å². The van der Waals surface area contributed by atoms with Gasteiger partial charge < -0.3 is 15.2 Å². The van der Waals surface area contributed by atoms with Gasteiger partial charge in [-0.1, -0.05) is 19.9 Å². The van der Waals surface area contributed by atoms with Crippen molar-refractivity contribution in [1.29, 1.82) is 0 Å². The van der Waals surface area contributed by atoms with Crippen LogP contribution in [0.2, 0.25) is 0 Å². The van der Waals surface area contributed by atoms with Gasteiger partial charge in [0.05, 0.1) is 5.56 Å². The van der Waals surface area contributed by atoms with Gasteiger partial charge in [-0.2, -0.15) is 0 Å². The number of rotatable bonds is 6. The van der Waals surface area contributed by atoms with Gasteiger partial charge in [-0.05, 0) is 24.1 Å². The number of hydrogen-bond acceptors (Lipinski definition) is 3. The third-order valence-corrected chi connectivity index (χ3v) is 2.16. The van der Waals surface area contributed by atoms with Crippen LogP contribution >= 0.6 is 0 Å². The number of ether oxygens (including phenoxy) is 1. The van der Waals surface area contributed by atoms with Crippen LogP contribution in [0.25, 0.3) is 0 Å². The molecule has 18 heavy (non-hydrogen) atoms. The molecule has 0 atom stereocenters. The summed E-state index contributed by atoms with van der Waals surface area (Å²) in [6.07, 6.45) is 0. The predicted molar refractivity (Wildman–Crippen MR) is 66.7 cm³/mol. The van der Waals surface area contributed by atoms with Crippen LogP contribution in [0.4, 0.5) is 0 Å². The molecule has 98 valence electrons. The van der Waals surface area contributed by atoms with Gasteiger partial charge >= 0.3 is 5.97 Å². The van der Waals surface area contributed by atoms with Gasteiger partial charge in [0.2, 0.25) is 0 Å². The standard InChI is InChI=1S/C13H17NO4/c1-9(2)7-14-12(15)8-18-11-5-3-4-10(6-11)13(16)17/h3-6,9H,7-8H2,1-2H3,(H,14,15)(H,16,17). The molecule has 0 aliphatic carbocycles. The molecule has 1 aromatic rings. The number of aromatic carboxylic acids is 1. The molecule has 0 saturated heterocycles. The number of hydrogen-bond donors (Lipinski definition) is 2. The lowest BCUT2D eigenvalue weighted by Crippen LogP contribution is -2.31. The quantitative estimate of drug-likeness (QED) is 0.804. The minimum atomic E-state index is -1.02. The number of benzene rings is 1. The zero-order valence-corrected chi connectivity index (χ0v) is 10.5. The fraction of sp³-hybridized carbons (Fsp3) is 0.385. The lowest BCUT2D eigenvalue weighted by atomic mass is 10.2. The summed E-state index contributed by atoms with van der Waals surface area (Å²) in [5.74, 6) is -0.493. The van der Waals surface area contributed by atoms with Crippen LogP contribution in [0.1, 0.15) is 24.2 Å². The zero-order valence-electron chi connectivity index (χ0n) is 10.5. The Labute approximate surface area is 106 Å². The number of carboxylic acid groups (broad SMARTS) is 1. The Balaban J connectivity index is 2.46. The van der Waals surface area contributed by atoms with E-state index in [2.05, 4.69) is 5.32 Å². The molecule has 0 fully saturated rings. The summed E-state index contributed by atoms with van der Waals surface area (Å²) in [7, 11) is 0. The SMILES string of the molecule is CC(C)CNC(=O)COc1cccc(C(=O)O)c1. The number of amides is 1. The summed E-state index contributed by atoms with van der Waals surface area (Å²) < 4.78 is 5.22. The van der Waals surface area contributed by atoms with Crippen LogP contribution in [0.3, 0.4) is 0 Å². The van der Waals surface area contributed by atoms with Crippen molar-refractivity contribution in [3.05, 3.63) is 29.8 Å². The van der Waals surface area contributed by atoms with Crippen molar-refractivity contribution >= 4 is 11.9 Å². The maximum absolute atomic E-state index is 11.4. The monoisotopic (exact) mass is 251 g/mol. The van der Waals surface area contributed by atoms with Crippen LogP contribution < -0.4 is 10.1 Å². The maximum Gasteiger partial charge on any atom is 0.335 e. The fourth-order valence-corrected chi connectivity index (χ4v) is 1.24. The first-order valence-corrected chi connectivity index (χ1v) is 5.72. The van der Waals surface area contributed by atoms with Gasteiger partial charge in [0, 0.05) is 6.54 Å². The number of carbonyl (C=O) groups excluding carboxylic acids is 1. The molecule has 5 nitrogen and oxygen atoms in total. The predicted octanol–water partition coefficient (Wildman–Crippen LogP) is 1.54. The second-order valence-electron chi connectivity index (χ2n) is 4.32. The van der Waals surface area contributed by atoms with E-state index in [-0.39, 0.29) is 18.1 Å². The normalized spacial score (nSPS) is 10.2. The molecule has 0 bridgehead atoms. The molecule has 2 N–H and O–H groups in total. The summed E-state index contributed by atoms with van der Waals surface area (Å²) in [5.41, 5.74) is 0.134. The molecule has 1 amide bonds. The first-order valence-electron chi connectivity index (χ1n) is 5.72. The third-order valence-electron chi connectivity index (χ3n) is 2.16. The Kier molecular flexibility index (Phi) is 5.17. The van der Waals surface area contributed by atoms with Crippen molar-refractivity contribution in [3.8, 4) is 5.75 Å². The Morgan fingerprint density at radius 1 is 1.39 bits per heavy atom. The molecule has 0 unspecified atom stereocenters. The minimum absolute atomic E-state index is 0.115. The van der Waals surface area contributed by atoms with Gasteiger partial charge in [0.15, 0.2) is 6.61 Å². The van der Waals surface area contributed by atoms with Gasteiger partial charge in [-0.3, -0.25) is 4.79 Å². The Hall–Kier alpha value is -2.04. The van der Waals surface area contributed by atoms with Crippen molar-refractivity contribution in [1.82, 2.24) is 5.32 Å². The van der Waals surface area contributed by atoms with E-state index >= 15 is 0 Å². The van der Waals surface area contributed by atoms with Gasteiger partial charge in [0.1, 0.15) is 5.75 Å². The molecule has 1 aromatic carbocycles. The molecule has 0 aliphatic heterocycles. The number of nitrogens with one attached hydrogen (secondary N) is 1. The average molecular weight is 251 g/mol. The van der Waals surface area contributed by atoms with E-state index in [4.69, 9.17) is 9.84 Å². The minimum Gasteiger partial charge on any atom is -0.484 e. The van der Waals surface area contributed by atoms with Crippen LogP contribution in [-0.4, -0.2) is 30.1 Å². The molecule has 0 aliphatic rings. The summed E-state index contributed by atoms with van der Waals surface area (Å²) in [4.78, 5) is 22.1.